The molecule has 0 unspecified atom stereocenters. The molecule has 3 heteroatoms. The molecular formula is C31H54O3. The zero-order chi connectivity index (χ0) is 25.8. The molecule has 0 bridgehead atoms. The molecule has 1 aromatic carbocycles. The quantitative estimate of drug-likeness (QED) is 0.243. The predicted molar refractivity (Wildman–Crippen MR) is 147 cm³/mol. The number of benzene rings is 1. The minimum atomic E-state index is -0.697. The molecule has 0 spiro atoms. The summed E-state index contributed by atoms with van der Waals surface area (Å²) in [6.45, 7) is 17.7. The SMILES string of the molecule is COc1c(C)c(C)c(OC)c([C@H](O)/C=C(\C)CCC[C@H](C)CCC[C@H](C)CCCC(C)C)c1C. The van der Waals surface area contributed by atoms with Gasteiger partial charge in [0, 0.05) is 11.1 Å². The molecule has 0 saturated heterocycles. The molecule has 0 aliphatic carbocycles. The highest BCUT2D eigenvalue weighted by atomic mass is 16.5. The smallest absolute Gasteiger partial charge is 0.128 e. The van der Waals surface area contributed by atoms with Gasteiger partial charge in [-0.2, -0.15) is 0 Å². The molecule has 3 atom stereocenters. The molecule has 1 aromatic rings. The molecule has 0 aliphatic heterocycles. The van der Waals surface area contributed by atoms with Crippen molar-refractivity contribution in [3.63, 3.8) is 0 Å². The second kappa shape index (κ2) is 15.5. The Morgan fingerprint density at radius 3 is 1.71 bits per heavy atom. The van der Waals surface area contributed by atoms with Crippen molar-refractivity contribution in [1.82, 2.24) is 0 Å². The summed E-state index contributed by atoms with van der Waals surface area (Å²) in [4.78, 5) is 0. The second-order valence-electron chi connectivity index (χ2n) is 11.2. The highest BCUT2D eigenvalue weighted by Gasteiger charge is 2.23. The lowest BCUT2D eigenvalue weighted by Gasteiger charge is -2.22. The van der Waals surface area contributed by atoms with Crippen molar-refractivity contribution in [1.29, 1.82) is 0 Å². The maximum Gasteiger partial charge on any atom is 0.128 e. The third-order valence-corrected chi connectivity index (χ3v) is 7.52. The van der Waals surface area contributed by atoms with Gasteiger partial charge in [-0.1, -0.05) is 84.3 Å². The normalized spacial score (nSPS) is 14.9. The van der Waals surface area contributed by atoms with Crippen molar-refractivity contribution in [2.45, 2.75) is 119 Å². The van der Waals surface area contributed by atoms with Crippen LogP contribution in [0.2, 0.25) is 0 Å². The molecule has 0 heterocycles. The van der Waals surface area contributed by atoms with Gasteiger partial charge >= 0.3 is 0 Å². The van der Waals surface area contributed by atoms with E-state index in [1.807, 2.05) is 26.8 Å². The van der Waals surface area contributed by atoms with Crippen LogP contribution in [0.25, 0.3) is 0 Å². The fourth-order valence-electron chi connectivity index (χ4n) is 5.19. The Kier molecular flexibility index (Phi) is 13.9. The molecule has 0 aromatic heterocycles. The fourth-order valence-corrected chi connectivity index (χ4v) is 5.19. The monoisotopic (exact) mass is 474 g/mol. The van der Waals surface area contributed by atoms with Crippen LogP contribution in [0.5, 0.6) is 11.5 Å². The van der Waals surface area contributed by atoms with Gasteiger partial charge in [-0.05, 0) is 69.4 Å². The summed E-state index contributed by atoms with van der Waals surface area (Å²) >= 11 is 0. The lowest BCUT2D eigenvalue weighted by Crippen LogP contribution is -2.07. The summed E-state index contributed by atoms with van der Waals surface area (Å²) in [7, 11) is 3.36. The molecule has 196 valence electrons. The van der Waals surface area contributed by atoms with Crippen LogP contribution in [0.3, 0.4) is 0 Å². The number of allylic oxidation sites excluding steroid dienone is 1. The number of ether oxygens (including phenoxy) is 2. The number of rotatable bonds is 16. The number of hydrogen-bond donors (Lipinski definition) is 1. The van der Waals surface area contributed by atoms with Gasteiger partial charge in [0.1, 0.15) is 17.6 Å². The van der Waals surface area contributed by atoms with Gasteiger partial charge in [0.2, 0.25) is 0 Å². The Morgan fingerprint density at radius 2 is 1.21 bits per heavy atom. The first-order valence-electron chi connectivity index (χ1n) is 13.6. The van der Waals surface area contributed by atoms with Gasteiger partial charge in [-0.3, -0.25) is 0 Å². The van der Waals surface area contributed by atoms with Gasteiger partial charge in [0.05, 0.1) is 14.2 Å². The highest BCUT2D eigenvalue weighted by molar-refractivity contribution is 5.59. The van der Waals surface area contributed by atoms with E-state index < -0.39 is 6.10 Å². The van der Waals surface area contributed by atoms with E-state index in [1.54, 1.807) is 14.2 Å². The minimum Gasteiger partial charge on any atom is -0.496 e. The van der Waals surface area contributed by atoms with Crippen LogP contribution in [0, 0.1) is 38.5 Å². The maximum atomic E-state index is 11.1. The molecule has 0 fully saturated rings. The first kappa shape index (κ1) is 30.6. The molecule has 0 radical (unpaired) electrons. The summed E-state index contributed by atoms with van der Waals surface area (Å²) in [5, 5.41) is 11.1. The summed E-state index contributed by atoms with van der Waals surface area (Å²) in [6.07, 6.45) is 12.9. The molecule has 34 heavy (non-hydrogen) atoms. The van der Waals surface area contributed by atoms with Gasteiger partial charge in [0.25, 0.3) is 0 Å². The van der Waals surface area contributed by atoms with E-state index in [9.17, 15) is 5.11 Å². The largest absolute Gasteiger partial charge is 0.496 e. The Morgan fingerprint density at radius 1 is 0.735 bits per heavy atom. The zero-order valence-electron chi connectivity index (χ0n) is 24.0. The molecular weight excluding hydrogens is 420 g/mol. The summed E-state index contributed by atoms with van der Waals surface area (Å²) < 4.78 is 11.3. The van der Waals surface area contributed by atoms with Crippen molar-refractivity contribution in [3.05, 3.63) is 33.9 Å². The molecule has 3 nitrogen and oxygen atoms in total. The Labute approximate surface area is 211 Å². The average Bonchev–Trinajstić information content (AvgIpc) is 2.76. The molecule has 0 amide bonds. The Bertz CT molecular complexity index is 763. The minimum absolute atomic E-state index is 0.697. The van der Waals surface area contributed by atoms with E-state index in [-0.39, 0.29) is 0 Å². The molecule has 0 saturated carbocycles. The maximum absolute atomic E-state index is 11.1. The van der Waals surface area contributed by atoms with Crippen LogP contribution in [0.1, 0.15) is 121 Å². The number of aliphatic hydroxyl groups is 1. The third kappa shape index (κ3) is 9.64. The number of methoxy groups -OCH3 is 2. The van der Waals surface area contributed by atoms with Crippen molar-refractivity contribution >= 4 is 0 Å². The number of aliphatic hydroxyl groups excluding tert-OH is 1. The van der Waals surface area contributed by atoms with Crippen LogP contribution in [0.15, 0.2) is 11.6 Å². The second-order valence-corrected chi connectivity index (χ2v) is 11.2. The standard InChI is InChI=1S/C31H54O3/c1-21(2)14-11-15-22(3)16-12-17-23(4)18-13-19-24(5)20-28(32)29-27(8)30(33-9)25(6)26(7)31(29)34-10/h20-23,28,32H,11-19H2,1-10H3/b24-20+/t22-,23-,28-/m1/s1. The van der Waals surface area contributed by atoms with Crippen LogP contribution in [0.4, 0.5) is 0 Å². The van der Waals surface area contributed by atoms with Gasteiger partial charge < -0.3 is 14.6 Å². The van der Waals surface area contributed by atoms with Crippen molar-refractivity contribution < 1.29 is 14.6 Å². The van der Waals surface area contributed by atoms with Gasteiger partial charge in [-0.25, -0.2) is 0 Å². The van der Waals surface area contributed by atoms with E-state index in [2.05, 4.69) is 34.6 Å². The predicted octanol–water partition coefficient (Wildman–Crippen LogP) is 9.05. The summed E-state index contributed by atoms with van der Waals surface area (Å²) in [5.74, 6) is 4.07. The van der Waals surface area contributed by atoms with Crippen LogP contribution in [-0.4, -0.2) is 19.3 Å². The fraction of sp³-hybridized carbons (Fsp3) is 0.742. The zero-order valence-corrected chi connectivity index (χ0v) is 24.0. The molecule has 1 N–H and O–H groups in total. The van der Waals surface area contributed by atoms with E-state index >= 15 is 0 Å². The average molecular weight is 475 g/mol. The third-order valence-electron chi connectivity index (χ3n) is 7.52. The van der Waals surface area contributed by atoms with E-state index in [4.69, 9.17) is 9.47 Å². The summed E-state index contributed by atoms with van der Waals surface area (Å²) in [6, 6.07) is 0. The van der Waals surface area contributed by atoms with Crippen LogP contribution < -0.4 is 9.47 Å². The first-order chi connectivity index (χ1) is 16.0. The molecule has 0 aliphatic rings. The summed E-state index contributed by atoms with van der Waals surface area (Å²) in [5.41, 5.74) is 5.08. The number of hydrogen-bond acceptors (Lipinski definition) is 3. The molecule has 1 rings (SSSR count). The van der Waals surface area contributed by atoms with E-state index in [0.717, 1.165) is 57.9 Å². The van der Waals surface area contributed by atoms with Crippen molar-refractivity contribution in [2.75, 3.05) is 14.2 Å². The van der Waals surface area contributed by atoms with Crippen LogP contribution >= 0.6 is 0 Å². The van der Waals surface area contributed by atoms with Crippen molar-refractivity contribution in [2.24, 2.45) is 17.8 Å². The first-order valence-corrected chi connectivity index (χ1v) is 13.6. The highest BCUT2D eigenvalue weighted by Crippen LogP contribution is 2.41. The van der Waals surface area contributed by atoms with Crippen molar-refractivity contribution in [3.8, 4) is 11.5 Å². The van der Waals surface area contributed by atoms with E-state index in [0.29, 0.717) is 0 Å². The Hall–Kier alpha value is -1.48. The van der Waals surface area contributed by atoms with Gasteiger partial charge in [0.15, 0.2) is 0 Å². The Balaban J connectivity index is 2.56. The van der Waals surface area contributed by atoms with Crippen LogP contribution in [-0.2, 0) is 0 Å². The van der Waals surface area contributed by atoms with Gasteiger partial charge in [-0.15, -0.1) is 0 Å². The van der Waals surface area contributed by atoms with E-state index in [1.165, 1.54) is 56.9 Å². The lowest BCUT2D eigenvalue weighted by molar-refractivity contribution is 0.219. The lowest BCUT2D eigenvalue weighted by atomic mass is 9.91. The topological polar surface area (TPSA) is 38.7 Å².